The van der Waals surface area contributed by atoms with E-state index in [1.54, 1.807) is 55.9 Å². The monoisotopic (exact) mass is 431 g/mol. The number of nitrogens with one attached hydrogen (secondary N) is 1. The van der Waals surface area contributed by atoms with Gasteiger partial charge in [-0.25, -0.2) is 13.4 Å². The molecule has 2 aromatic carbocycles. The summed E-state index contributed by atoms with van der Waals surface area (Å²) in [4.78, 5) is 4.20. The third-order valence-electron chi connectivity index (χ3n) is 4.33. The number of imidazole rings is 1. The van der Waals surface area contributed by atoms with Crippen LogP contribution >= 0.6 is 0 Å². The quantitative estimate of drug-likeness (QED) is 0.495. The maximum Gasteiger partial charge on any atom is 0.232 e. The predicted octanol–water partition coefficient (Wildman–Crippen LogP) is 3.41. The van der Waals surface area contributed by atoms with Crippen molar-refractivity contribution < 1.29 is 22.6 Å². The van der Waals surface area contributed by atoms with E-state index in [2.05, 4.69) is 9.71 Å². The fourth-order valence-electron chi connectivity index (χ4n) is 2.85. The van der Waals surface area contributed by atoms with Crippen molar-refractivity contribution >= 4 is 15.7 Å². The van der Waals surface area contributed by atoms with Crippen LogP contribution in [0.15, 0.2) is 55.0 Å². The first-order valence-electron chi connectivity index (χ1n) is 9.36. The molecule has 0 bridgehead atoms. The summed E-state index contributed by atoms with van der Waals surface area (Å²) in [6.07, 6.45) is 3.90. The molecule has 0 saturated carbocycles. The number of nitrogens with zero attached hydrogens (tertiary/aromatic N) is 2. The van der Waals surface area contributed by atoms with Gasteiger partial charge in [-0.1, -0.05) is 0 Å². The van der Waals surface area contributed by atoms with Crippen molar-refractivity contribution in [2.45, 2.75) is 13.3 Å². The lowest BCUT2D eigenvalue weighted by molar-refractivity contribution is 0.317. The number of aryl methyl sites for hydroxylation is 1. The summed E-state index contributed by atoms with van der Waals surface area (Å²) in [5.41, 5.74) is 2.08. The van der Waals surface area contributed by atoms with Gasteiger partial charge >= 0.3 is 0 Å². The third-order valence-corrected chi connectivity index (χ3v) is 5.70. The van der Waals surface area contributed by atoms with E-state index in [0.29, 0.717) is 23.6 Å². The SMILES string of the molecule is COc1ccc(OCCCS(=O)(=O)Nc2ccc(-n3cnc(C)c3)c(OC)c2)cc1. The van der Waals surface area contributed by atoms with E-state index in [-0.39, 0.29) is 12.4 Å². The summed E-state index contributed by atoms with van der Waals surface area (Å²) in [7, 11) is -0.391. The van der Waals surface area contributed by atoms with Gasteiger partial charge in [-0.05, 0) is 49.7 Å². The van der Waals surface area contributed by atoms with Gasteiger partial charge in [0.15, 0.2) is 0 Å². The Labute approximate surface area is 176 Å². The van der Waals surface area contributed by atoms with E-state index in [1.165, 1.54) is 7.11 Å². The molecule has 0 aliphatic carbocycles. The van der Waals surface area contributed by atoms with Crippen molar-refractivity contribution in [1.29, 1.82) is 0 Å². The summed E-state index contributed by atoms with van der Waals surface area (Å²) in [5.74, 6) is 1.87. The maximum absolute atomic E-state index is 12.4. The van der Waals surface area contributed by atoms with Gasteiger partial charge < -0.3 is 18.8 Å². The zero-order valence-electron chi connectivity index (χ0n) is 17.2. The molecule has 1 aromatic heterocycles. The van der Waals surface area contributed by atoms with Crippen molar-refractivity contribution in [3.63, 3.8) is 0 Å². The van der Waals surface area contributed by atoms with Crippen molar-refractivity contribution in [1.82, 2.24) is 9.55 Å². The lowest BCUT2D eigenvalue weighted by atomic mass is 10.2. The average Bonchev–Trinajstić information content (AvgIpc) is 3.17. The van der Waals surface area contributed by atoms with Gasteiger partial charge in [0.2, 0.25) is 10.0 Å². The number of hydrogen-bond donors (Lipinski definition) is 1. The smallest absolute Gasteiger partial charge is 0.232 e. The number of benzene rings is 2. The molecule has 0 spiro atoms. The van der Waals surface area contributed by atoms with E-state index < -0.39 is 10.0 Å². The molecule has 1 N–H and O–H groups in total. The van der Waals surface area contributed by atoms with Crippen LogP contribution in [-0.4, -0.2) is 44.5 Å². The van der Waals surface area contributed by atoms with Crippen LogP contribution < -0.4 is 18.9 Å². The normalized spacial score (nSPS) is 11.2. The maximum atomic E-state index is 12.4. The Bertz CT molecular complexity index is 1080. The molecule has 0 unspecified atom stereocenters. The second-order valence-corrected chi connectivity index (χ2v) is 8.45. The summed E-state index contributed by atoms with van der Waals surface area (Å²) in [5, 5.41) is 0. The van der Waals surface area contributed by atoms with E-state index in [9.17, 15) is 8.42 Å². The fraction of sp³-hybridized carbons (Fsp3) is 0.286. The third kappa shape index (κ3) is 5.66. The highest BCUT2D eigenvalue weighted by molar-refractivity contribution is 7.92. The van der Waals surface area contributed by atoms with Crippen molar-refractivity contribution in [3.05, 3.63) is 60.7 Å². The van der Waals surface area contributed by atoms with Crippen LogP contribution in [0.5, 0.6) is 17.2 Å². The Hall–Kier alpha value is -3.20. The topological polar surface area (TPSA) is 91.7 Å². The Kier molecular flexibility index (Phi) is 6.83. The van der Waals surface area contributed by atoms with E-state index in [4.69, 9.17) is 14.2 Å². The second-order valence-electron chi connectivity index (χ2n) is 6.61. The summed E-state index contributed by atoms with van der Waals surface area (Å²) in [6, 6.07) is 12.3. The van der Waals surface area contributed by atoms with Gasteiger partial charge in [-0.2, -0.15) is 0 Å². The first kappa shape index (κ1) is 21.5. The lowest BCUT2D eigenvalue weighted by Gasteiger charge is -2.13. The Morgan fingerprint density at radius 3 is 2.40 bits per heavy atom. The van der Waals surface area contributed by atoms with Gasteiger partial charge in [0.05, 0.1) is 50.0 Å². The first-order valence-corrected chi connectivity index (χ1v) is 11.0. The van der Waals surface area contributed by atoms with E-state index in [1.807, 2.05) is 17.7 Å². The minimum atomic E-state index is -3.52. The van der Waals surface area contributed by atoms with Crippen LogP contribution in [-0.2, 0) is 10.0 Å². The molecule has 30 heavy (non-hydrogen) atoms. The summed E-state index contributed by atoms with van der Waals surface area (Å²) in [6.45, 7) is 2.18. The molecule has 8 nitrogen and oxygen atoms in total. The number of anilines is 1. The molecular weight excluding hydrogens is 406 g/mol. The van der Waals surface area contributed by atoms with Gasteiger partial charge in [0, 0.05) is 12.3 Å². The molecule has 1 heterocycles. The van der Waals surface area contributed by atoms with E-state index in [0.717, 1.165) is 17.1 Å². The highest BCUT2D eigenvalue weighted by Gasteiger charge is 2.13. The Balaban J connectivity index is 1.56. The molecule has 0 fully saturated rings. The predicted molar refractivity (Wildman–Crippen MR) is 115 cm³/mol. The molecular formula is C21H25N3O5S. The molecule has 0 aliphatic heterocycles. The number of aromatic nitrogens is 2. The number of hydrogen-bond acceptors (Lipinski definition) is 6. The van der Waals surface area contributed by atoms with Crippen LogP contribution in [0.2, 0.25) is 0 Å². The fourth-order valence-corrected chi connectivity index (χ4v) is 3.93. The molecule has 160 valence electrons. The van der Waals surface area contributed by atoms with Crippen LogP contribution in [0, 0.1) is 6.92 Å². The lowest BCUT2D eigenvalue weighted by Crippen LogP contribution is -2.18. The average molecular weight is 432 g/mol. The van der Waals surface area contributed by atoms with Crippen LogP contribution in [0.4, 0.5) is 5.69 Å². The molecule has 9 heteroatoms. The Morgan fingerprint density at radius 1 is 1.03 bits per heavy atom. The molecule has 0 atom stereocenters. The first-order chi connectivity index (χ1) is 14.4. The second kappa shape index (κ2) is 9.53. The summed E-state index contributed by atoms with van der Waals surface area (Å²) >= 11 is 0. The van der Waals surface area contributed by atoms with Gasteiger partial charge in [-0.15, -0.1) is 0 Å². The number of ether oxygens (including phenoxy) is 3. The van der Waals surface area contributed by atoms with Crippen molar-refractivity contribution in [3.8, 4) is 22.9 Å². The molecule has 0 aliphatic rings. The largest absolute Gasteiger partial charge is 0.497 e. The standard InChI is InChI=1S/C21H25N3O5S/c1-16-14-24(15-22-16)20-10-5-17(13-21(20)28-3)23-30(25,26)12-4-11-29-19-8-6-18(27-2)7-9-19/h5-10,13-15,23H,4,11-12H2,1-3H3. The molecule has 3 rings (SSSR count). The van der Waals surface area contributed by atoms with Crippen LogP contribution in [0.3, 0.4) is 0 Å². The number of methoxy groups -OCH3 is 2. The van der Waals surface area contributed by atoms with Crippen molar-refractivity contribution in [2.24, 2.45) is 0 Å². The minimum Gasteiger partial charge on any atom is -0.497 e. The van der Waals surface area contributed by atoms with E-state index >= 15 is 0 Å². The Morgan fingerprint density at radius 2 is 1.77 bits per heavy atom. The molecule has 0 saturated heterocycles. The number of rotatable bonds is 10. The van der Waals surface area contributed by atoms with Crippen molar-refractivity contribution in [2.75, 3.05) is 31.3 Å². The van der Waals surface area contributed by atoms with Gasteiger partial charge in [-0.3, -0.25) is 4.72 Å². The minimum absolute atomic E-state index is 0.0616. The molecule has 0 radical (unpaired) electrons. The zero-order chi connectivity index (χ0) is 21.6. The summed E-state index contributed by atoms with van der Waals surface area (Å²) < 4.78 is 45.3. The number of sulfonamides is 1. The molecule has 0 amide bonds. The zero-order valence-corrected chi connectivity index (χ0v) is 18.0. The van der Waals surface area contributed by atoms with Crippen LogP contribution in [0.25, 0.3) is 5.69 Å². The van der Waals surface area contributed by atoms with Gasteiger partial charge in [0.1, 0.15) is 17.2 Å². The highest BCUT2D eigenvalue weighted by Crippen LogP contribution is 2.27. The van der Waals surface area contributed by atoms with Crippen LogP contribution in [0.1, 0.15) is 12.1 Å². The highest BCUT2D eigenvalue weighted by atomic mass is 32.2. The molecule has 3 aromatic rings. The van der Waals surface area contributed by atoms with Gasteiger partial charge in [0.25, 0.3) is 0 Å².